The van der Waals surface area contributed by atoms with Crippen LogP contribution in [0.5, 0.6) is 0 Å². The molecule has 0 atom stereocenters. The molecule has 1 amide bonds. The molecule has 2 aromatic heterocycles. The van der Waals surface area contributed by atoms with Gasteiger partial charge >= 0.3 is 5.69 Å². The quantitative estimate of drug-likeness (QED) is 0.409. The summed E-state index contributed by atoms with van der Waals surface area (Å²) in [4.78, 5) is 39.8. The van der Waals surface area contributed by atoms with E-state index in [9.17, 15) is 14.4 Å². The molecule has 20 heavy (non-hydrogen) atoms. The number of nitrogens with zero attached hydrogens (tertiary/aromatic N) is 4. The van der Waals surface area contributed by atoms with Crippen molar-refractivity contribution in [1.29, 1.82) is 5.41 Å². The van der Waals surface area contributed by atoms with Crippen LogP contribution in [0.15, 0.2) is 15.9 Å². The summed E-state index contributed by atoms with van der Waals surface area (Å²) in [5.41, 5.74) is 4.18. The van der Waals surface area contributed by atoms with E-state index in [1.165, 1.54) is 22.5 Å². The van der Waals surface area contributed by atoms with Crippen molar-refractivity contribution in [3.8, 4) is 0 Å². The Morgan fingerprint density at radius 1 is 1.45 bits per heavy atom. The van der Waals surface area contributed by atoms with Gasteiger partial charge in [-0.2, -0.15) is 0 Å². The lowest BCUT2D eigenvalue weighted by molar-refractivity contribution is -0.120. The lowest BCUT2D eigenvalue weighted by Gasteiger charge is -2.08. The molecule has 0 saturated heterocycles. The van der Waals surface area contributed by atoms with E-state index in [-0.39, 0.29) is 11.2 Å². The molecule has 0 bridgehead atoms. The summed E-state index contributed by atoms with van der Waals surface area (Å²) in [6, 6.07) is 0. The van der Waals surface area contributed by atoms with E-state index >= 15 is 0 Å². The van der Waals surface area contributed by atoms with Crippen LogP contribution in [0.3, 0.4) is 0 Å². The molecule has 0 saturated carbocycles. The highest BCUT2D eigenvalue weighted by Crippen LogP contribution is 2.02. The molecule has 10 nitrogen and oxygen atoms in total. The van der Waals surface area contributed by atoms with Gasteiger partial charge in [0.05, 0.1) is 6.33 Å². The second kappa shape index (κ2) is 4.64. The van der Waals surface area contributed by atoms with Gasteiger partial charge in [-0.1, -0.05) is 0 Å². The van der Waals surface area contributed by atoms with Gasteiger partial charge < -0.3 is 10.3 Å². The predicted octanol–water partition coefficient (Wildman–Crippen LogP) is -2.56. The first kappa shape index (κ1) is 13.5. The maximum absolute atomic E-state index is 12.2. The van der Waals surface area contributed by atoms with E-state index in [0.29, 0.717) is 0 Å². The Morgan fingerprint density at radius 2 is 2.10 bits per heavy atom. The Kier molecular flexibility index (Phi) is 3.14. The number of carbonyl (C=O) groups is 1. The number of carbonyl (C=O) groups excluding carboxylic acids is 1. The second-order valence-corrected chi connectivity index (χ2v) is 4.22. The van der Waals surface area contributed by atoms with Crippen molar-refractivity contribution in [2.24, 2.45) is 19.8 Å². The van der Waals surface area contributed by atoms with Crippen molar-refractivity contribution < 1.29 is 4.79 Å². The maximum Gasteiger partial charge on any atom is 0.332 e. The summed E-state index contributed by atoms with van der Waals surface area (Å²) in [5.74, 6) is -1.28. The number of aryl methyl sites for hydroxylation is 2. The van der Waals surface area contributed by atoms with Crippen molar-refractivity contribution in [2.75, 3.05) is 0 Å². The SMILES string of the molecule is Cn1cnc2c1c(=O)n(CC(=O)NC(=N)N)c(=O)n2C. The molecule has 4 N–H and O–H groups in total. The van der Waals surface area contributed by atoms with E-state index in [0.717, 1.165) is 4.57 Å². The smallest absolute Gasteiger partial charge is 0.332 e. The molecule has 2 aromatic rings. The van der Waals surface area contributed by atoms with Gasteiger partial charge in [-0.15, -0.1) is 0 Å². The number of imidazole rings is 1. The minimum absolute atomic E-state index is 0.211. The summed E-state index contributed by atoms with van der Waals surface area (Å²) in [5, 5.41) is 8.96. The lowest BCUT2D eigenvalue weighted by Crippen LogP contribution is -2.45. The van der Waals surface area contributed by atoms with Crippen LogP contribution in [0.4, 0.5) is 0 Å². The normalized spacial score (nSPS) is 10.7. The topological polar surface area (TPSA) is 141 Å². The van der Waals surface area contributed by atoms with Crippen LogP contribution in [0.25, 0.3) is 11.2 Å². The van der Waals surface area contributed by atoms with E-state index in [1.54, 1.807) is 7.05 Å². The third kappa shape index (κ3) is 2.06. The maximum atomic E-state index is 12.2. The van der Waals surface area contributed by atoms with Gasteiger partial charge in [0.25, 0.3) is 5.56 Å². The third-order valence-electron chi connectivity index (χ3n) is 2.78. The van der Waals surface area contributed by atoms with Crippen LogP contribution in [-0.2, 0) is 25.4 Å². The van der Waals surface area contributed by atoms with Gasteiger partial charge in [0.2, 0.25) is 5.91 Å². The van der Waals surface area contributed by atoms with Crippen LogP contribution in [0, 0.1) is 5.41 Å². The molecule has 0 radical (unpaired) electrons. The lowest BCUT2D eigenvalue weighted by atomic mass is 10.4. The van der Waals surface area contributed by atoms with Gasteiger partial charge in [0.1, 0.15) is 6.54 Å². The molecule has 2 rings (SSSR count). The van der Waals surface area contributed by atoms with Gasteiger partial charge in [-0.05, 0) is 0 Å². The molecular weight excluding hydrogens is 266 g/mol. The van der Waals surface area contributed by atoms with Crippen LogP contribution < -0.4 is 22.3 Å². The zero-order chi connectivity index (χ0) is 15.0. The Bertz CT molecular complexity index is 826. The molecule has 106 valence electrons. The van der Waals surface area contributed by atoms with Crippen LogP contribution >= 0.6 is 0 Å². The van der Waals surface area contributed by atoms with Crippen LogP contribution in [-0.4, -0.2) is 30.6 Å². The summed E-state index contributed by atoms with van der Waals surface area (Å²) in [6.07, 6.45) is 1.41. The molecular formula is C10H13N7O3. The number of amides is 1. The Labute approximate surface area is 111 Å². The van der Waals surface area contributed by atoms with Crippen molar-refractivity contribution in [1.82, 2.24) is 24.0 Å². The minimum Gasteiger partial charge on any atom is -0.370 e. The molecule has 2 heterocycles. The zero-order valence-electron chi connectivity index (χ0n) is 10.9. The van der Waals surface area contributed by atoms with E-state index in [1.807, 2.05) is 5.32 Å². The summed E-state index contributed by atoms with van der Waals surface area (Å²) >= 11 is 0. The average molecular weight is 279 g/mol. The number of hydrogen-bond donors (Lipinski definition) is 3. The summed E-state index contributed by atoms with van der Waals surface area (Å²) in [6.45, 7) is -0.522. The third-order valence-corrected chi connectivity index (χ3v) is 2.78. The van der Waals surface area contributed by atoms with E-state index in [4.69, 9.17) is 11.1 Å². The highest BCUT2D eigenvalue weighted by Gasteiger charge is 2.16. The molecule has 0 aromatic carbocycles. The number of nitrogens with one attached hydrogen (secondary N) is 2. The first-order valence-electron chi connectivity index (χ1n) is 5.57. The first-order chi connectivity index (χ1) is 9.32. The Morgan fingerprint density at radius 3 is 2.70 bits per heavy atom. The first-order valence-corrected chi connectivity index (χ1v) is 5.57. The molecule has 0 spiro atoms. The highest BCUT2D eigenvalue weighted by molar-refractivity contribution is 5.94. The zero-order valence-corrected chi connectivity index (χ0v) is 10.9. The van der Waals surface area contributed by atoms with Crippen molar-refractivity contribution in [3.05, 3.63) is 27.2 Å². The monoisotopic (exact) mass is 279 g/mol. The number of rotatable bonds is 2. The number of hydrogen-bond acceptors (Lipinski definition) is 5. The molecule has 0 fully saturated rings. The van der Waals surface area contributed by atoms with Crippen LogP contribution in [0.1, 0.15) is 0 Å². The second-order valence-electron chi connectivity index (χ2n) is 4.22. The number of aromatic nitrogens is 4. The van der Waals surface area contributed by atoms with Gasteiger partial charge in [0, 0.05) is 14.1 Å². The van der Waals surface area contributed by atoms with E-state index in [2.05, 4.69) is 4.98 Å². The highest BCUT2D eigenvalue weighted by atomic mass is 16.2. The Hall–Kier alpha value is -2.91. The number of nitrogens with two attached hydrogens (primary N) is 1. The van der Waals surface area contributed by atoms with Crippen molar-refractivity contribution >= 4 is 23.0 Å². The Balaban J connectivity index is 2.62. The minimum atomic E-state index is -0.724. The van der Waals surface area contributed by atoms with Crippen molar-refractivity contribution in [2.45, 2.75) is 6.54 Å². The molecule has 10 heteroatoms. The van der Waals surface area contributed by atoms with Gasteiger partial charge in [-0.25, -0.2) is 14.3 Å². The molecule has 0 unspecified atom stereocenters. The fraction of sp³-hybridized carbons (Fsp3) is 0.300. The van der Waals surface area contributed by atoms with Gasteiger partial charge in [-0.3, -0.25) is 24.9 Å². The largest absolute Gasteiger partial charge is 0.370 e. The predicted molar refractivity (Wildman–Crippen MR) is 70.3 cm³/mol. The number of guanidine groups is 1. The molecule has 0 aliphatic rings. The fourth-order valence-electron chi connectivity index (χ4n) is 1.87. The fourth-order valence-corrected chi connectivity index (χ4v) is 1.87. The van der Waals surface area contributed by atoms with Gasteiger partial charge in [0.15, 0.2) is 17.1 Å². The number of fused-ring (bicyclic) bond motifs is 1. The summed E-state index contributed by atoms with van der Waals surface area (Å²) in [7, 11) is 3.07. The average Bonchev–Trinajstić information content (AvgIpc) is 2.73. The standard InChI is InChI=1S/C10H13N7O3/c1-15-4-13-7-6(15)8(19)17(10(20)16(7)2)3-5(18)14-9(11)12/h4H,3H2,1-2H3,(H4,11,12,14,18). The molecule has 0 aliphatic carbocycles. The van der Waals surface area contributed by atoms with Crippen molar-refractivity contribution in [3.63, 3.8) is 0 Å². The molecule has 0 aliphatic heterocycles. The summed E-state index contributed by atoms with van der Waals surface area (Å²) < 4.78 is 3.41. The van der Waals surface area contributed by atoms with Crippen LogP contribution in [0.2, 0.25) is 0 Å². The van der Waals surface area contributed by atoms with E-state index < -0.39 is 29.7 Å².